The van der Waals surface area contributed by atoms with Crippen LogP contribution in [0.5, 0.6) is 5.75 Å². The molecule has 37 heavy (non-hydrogen) atoms. The van der Waals surface area contributed by atoms with Crippen molar-refractivity contribution < 1.29 is 22.7 Å². The molecule has 0 saturated heterocycles. The molecule has 2 heterocycles. The molecule has 2 N–H and O–H groups in total. The number of amides is 2. The standard InChI is InChI=1S/C25H23N5O5S2/c1-16(31)27-18-6-13-22(26-14-18)23-15-36-25(28-23)29-24(32)17-4-11-21(12-5-17)37(33,34)30(2)19-7-9-20(35-3)10-8-19/h4-15H,1-3H3,(H,27,31)(H,28,29,32). The largest absolute Gasteiger partial charge is 0.497 e. The number of thiazole rings is 1. The molecule has 0 atom stereocenters. The number of rotatable bonds is 8. The van der Waals surface area contributed by atoms with Gasteiger partial charge in [0, 0.05) is 24.9 Å². The summed E-state index contributed by atoms with van der Waals surface area (Å²) in [5.74, 6) is -0.00109. The molecule has 0 aliphatic rings. The predicted molar refractivity (Wildman–Crippen MR) is 143 cm³/mol. The van der Waals surface area contributed by atoms with Crippen LogP contribution < -0.4 is 19.7 Å². The van der Waals surface area contributed by atoms with Gasteiger partial charge < -0.3 is 10.1 Å². The van der Waals surface area contributed by atoms with Crippen LogP contribution in [-0.4, -0.2) is 44.4 Å². The van der Waals surface area contributed by atoms with E-state index in [4.69, 9.17) is 4.74 Å². The lowest BCUT2D eigenvalue weighted by molar-refractivity contribution is -0.114. The molecule has 0 aliphatic heterocycles. The predicted octanol–water partition coefficient (Wildman–Crippen LogP) is 4.25. The van der Waals surface area contributed by atoms with Crippen molar-refractivity contribution in [3.05, 3.63) is 77.8 Å². The molecule has 0 spiro atoms. The number of hydrogen-bond donors (Lipinski definition) is 2. The zero-order valence-corrected chi connectivity index (χ0v) is 21.8. The van der Waals surface area contributed by atoms with Crippen molar-refractivity contribution in [2.45, 2.75) is 11.8 Å². The summed E-state index contributed by atoms with van der Waals surface area (Å²) in [5, 5.41) is 7.47. The summed E-state index contributed by atoms with van der Waals surface area (Å²) in [6, 6.07) is 15.7. The van der Waals surface area contributed by atoms with Gasteiger partial charge in [-0.15, -0.1) is 11.3 Å². The maximum atomic E-state index is 13.0. The second kappa shape index (κ2) is 10.8. The molecule has 12 heteroatoms. The molecular weight excluding hydrogens is 514 g/mol. The maximum absolute atomic E-state index is 13.0. The SMILES string of the molecule is COc1ccc(N(C)S(=O)(=O)c2ccc(C(=O)Nc3nc(-c4ccc(NC(C)=O)cn4)cs3)cc2)cc1. The molecule has 2 aromatic carbocycles. The van der Waals surface area contributed by atoms with E-state index >= 15 is 0 Å². The average Bonchev–Trinajstić information content (AvgIpc) is 3.36. The highest BCUT2D eigenvalue weighted by Crippen LogP contribution is 2.26. The van der Waals surface area contributed by atoms with Crippen molar-refractivity contribution in [3.63, 3.8) is 0 Å². The molecule has 2 aromatic heterocycles. The van der Waals surface area contributed by atoms with Gasteiger partial charge in [0.1, 0.15) is 11.4 Å². The summed E-state index contributed by atoms with van der Waals surface area (Å²) in [5.41, 5.74) is 2.47. The number of carbonyl (C=O) groups excluding carboxylic acids is 2. The van der Waals surface area contributed by atoms with Gasteiger partial charge in [0.2, 0.25) is 5.91 Å². The van der Waals surface area contributed by atoms with Gasteiger partial charge in [-0.3, -0.25) is 24.2 Å². The number of pyridine rings is 1. The Balaban J connectivity index is 1.43. The summed E-state index contributed by atoms with van der Waals surface area (Å²) in [6.07, 6.45) is 1.52. The van der Waals surface area contributed by atoms with Crippen molar-refractivity contribution >= 4 is 49.7 Å². The van der Waals surface area contributed by atoms with Crippen molar-refractivity contribution in [2.75, 3.05) is 29.1 Å². The van der Waals surface area contributed by atoms with Crippen molar-refractivity contribution in [1.82, 2.24) is 9.97 Å². The molecular formula is C25H23N5O5S2. The fourth-order valence-corrected chi connectivity index (χ4v) is 5.20. The molecule has 10 nitrogen and oxygen atoms in total. The average molecular weight is 538 g/mol. The van der Waals surface area contributed by atoms with Crippen LogP contribution in [0.15, 0.2) is 77.1 Å². The van der Waals surface area contributed by atoms with E-state index in [0.717, 1.165) is 4.31 Å². The van der Waals surface area contributed by atoms with Crippen LogP contribution in [0.1, 0.15) is 17.3 Å². The minimum absolute atomic E-state index is 0.0488. The van der Waals surface area contributed by atoms with Gasteiger partial charge >= 0.3 is 0 Å². The van der Waals surface area contributed by atoms with Gasteiger partial charge in [-0.25, -0.2) is 13.4 Å². The van der Waals surface area contributed by atoms with E-state index in [-0.39, 0.29) is 16.4 Å². The van der Waals surface area contributed by atoms with Gasteiger partial charge in [0.15, 0.2) is 5.13 Å². The Kier molecular flexibility index (Phi) is 7.50. The Labute approximate surface area is 218 Å². The topological polar surface area (TPSA) is 131 Å². The Bertz CT molecular complexity index is 1520. The smallest absolute Gasteiger partial charge is 0.264 e. The highest BCUT2D eigenvalue weighted by molar-refractivity contribution is 7.92. The first kappa shape index (κ1) is 25.8. The number of ether oxygens (including phenoxy) is 1. The van der Waals surface area contributed by atoms with E-state index in [1.807, 2.05) is 0 Å². The van der Waals surface area contributed by atoms with E-state index in [0.29, 0.717) is 33.6 Å². The van der Waals surface area contributed by atoms with Crippen LogP contribution in [0, 0.1) is 0 Å². The van der Waals surface area contributed by atoms with E-state index in [9.17, 15) is 18.0 Å². The third kappa shape index (κ3) is 5.93. The normalized spacial score (nSPS) is 11.0. The van der Waals surface area contributed by atoms with Crippen LogP contribution in [0.2, 0.25) is 0 Å². The van der Waals surface area contributed by atoms with Gasteiger partial charge in [0.05, 0.1) is 35.3 Å². The van der Waals surface area contributed by atoms with Crippen molar-refractivity contribution in [2.24, 2.45) is 0 Å². The number of carbonyl (C=O) groups is 2. The third-order valence-corrected chi connectivity index (χ3v) is 7.84. The second-order valence-electron chi connectivity index (χ2n) is 7.80. The van der Waals surface area contributed by atoms with E-state index in [1.54, 1.807) is 41.8 Å². The van der Waals surface area contributed by atoms with Gasteiger partial charge in [0.25, 0.3) is 15.9 Å². The van der Waals surface area contributed by atoms with E-state index in [2.05, 4.69) is 20.6 Å². The Hall–Kier alpha value is -4.29. The summed E-state index contributed by atoms with van der Waals surface area (Å²) >= 11 is 1.23. The molecule has 0 unspecified atom stereocenters. The molecule has 2 amide bonds. The number of methoxy groups -OCH3 is 1. The summed E-state index contributed by atoms with van der Waals surface area (Å²) in [7, 11) is -0.837. The summed E-state index contributed by atoms with van der Waals surface area (Å²) in [6.45, 7) is 1.41. The van der Waals surface area contributed by atoms with E-state index in [1.165, 1.54) is 62.9 Å². The molecule has 0 saturated carbocycles. The van der Waals surface area contributed by atoms with Crippen LogP contribution in [0.3, 0.4) is 0 Å². The van der Waals surface area contributed by atoms with Crippen molar-refractivity contribution in [3.8, 4) is 17.1 Å². The number of hydrogen-bond acceptors (Lipinski definition) is 8. The highest BCUT2D eigenvalue weighted by atomic mass is 32.2. The first-order valence-corrected chi connectivity index (χ1v) is 13.2. The van der Waals surface area contributed by atoms with Crippen LogP contribution in [-0.2, 0) is 14.8 Å². The summed E-state index contributed by atoms with van der Waals surface area (Å²) in [4.78, 5) is 32.6. The van der Waals surface area contributed by atoms with Crippen LogP contribution in [0.25, 0.3) is 11.4 Å². The van der Waals surface area contributed by atoms with Gasteiger partial charge in [-0.2, -0.15) is 0 Å². The molecule has 190 valence electrons. The number of anilines is 3. The number of nitrogens with one attached hydrogen (secondary N) is 2. The van der Waals surface area contributed by atoms with Crippen LogP contribution >= 0.6 is 11.3 Å². The monoisotopic (exact) mass is 537 g/mol. The molecule has 4 rings (SSSR count). The highest BCUT2D eigenvalue weighted by Gasteiger charge is 2.22. The van der Waals surface area contributed by atoms with Crippen molar-refractivity contribution in [1.29, 1.82) is 0 Å². The minimum Gasteiger partial charge on any atom is -0.497 e. The number of aromatic nitrogens is 2. The first-order chi connectivity index (χ1) is 17.7. The fraction of sp³-hybridized carbons (Fsp3) is 0.120. The number of nitrogens with zero attached hydrogens (tertiary/aromatic N) is 3. The lowest BCUT2D eigenvalue weighted by atomic mass is 10.2. The lowest BCUT2D eigenvalue weighted by Crippen LogP contribution is -2.26. The maximum Gasteiger partial charge on any atom is 0.264 e. The third-order valence-electron chi connectivity index (χ3n) is 5.28. The van der Waals surface area contributed by atoms with Crippen LogP contribution in [0.4, 0.5) is 16.5 Å². The molecule has 0 bridgehead atoms. The quantitative estimate of drug-likeness (QED) is 0.344. The molecule has 0 aliphatic carbocycles. The number of sulfonamides is 1. The first-order valence-electron chi connectivity index (χ1n) is 10.9. The number of benzene rings is 2. The van der Waals surface area contributed by atoms with E-state index < -0.39 is 15.9 Å². The molecule has 4 aromatic rings. The Morgan fingerprint density at radius 2 is 1.65 bits per heavy atom. The van der Waals surface area contributed by atoms with Gasteiger partial charge in [-0.1, -0.05) is 0 Å². The second-order valence-corrected chi connectivity index (χ2v) is 10.6. The summed E-state index contributed by atoms with van der Waals surface area (Å²) < 4.78 is 32.3. The minimum atomic E-state index is -3.83. The zero-order chi connectivity index (χ0) is 26.6. The lowest BCUT2D eigenvalue weighted by Gasteiger charge is -2.20. The fourth-order valence-electron chi connectivity index (χ4n) is 3.31. The van der Waals surface area contributed by atoms with Gasteiger partial charge in [-0.05, 0) is 60.7 Å². The zero-order valence-electron chi connectivity index (χ0n) is 20.1. The Morgan fingerprint density at radius 3 is 2.24 bits per heavy atom. The molecule has 0 fully saturated rings. The Morgan fingerprint density at radius 1 is 0.946 bits per heavy atom. The molecule has 0 radical (unpaired) electrons.